The molecule has 0 radical (unpaired) electrons. The highest BCUT2D eigenvalue weighted by Gasteiger charge is 2.24. The van der Waals surface area contributed by atoms with Gasteiger partial charge in [0, 0.05) is 0 Å². The van der Waals surface area contributed by atoms with Gasteiger partial charge >= 0.3 is 0 Å². The van der Waals surface area contributed by atoms with Crippen molar-refractivity contribution in [3.8, 4) is 0 Å². The molecule has 78 valence electrons. The molecule has 0 saturated carbocycles. The van der Waals surface area contributed by atoms with Crippen LogP contribution in [0.25, 0.3) is 0 Å². The summed E-state index contributed by atoms with van der Waals surface area (Å²) < 4.78 is 0. The second-order valence-electron chi connectivity index (χ2n) is 3.86. The summed E-state index contributed by atoms with van der Waals surface area (Å²) in [6.45, 7) is 8.80. The minimum Gasteiger partial charge on any atom is -0.291 e. The normalized spacial score (nSPS) is 12.6. The van der Waals surface area contributed by atoms with Crippen molar-refractivity contribution in [2.24, 2.45) is 4.99 Å². The lowest BCUT2D eigenvalue weighted by Crippen LogP contribution is -2.26. The van der Waals surface area contributed by atoms with Gasteiger partial charge < -0.3 is 0 Å². The van der Waals surface area contributed by atoms with E-state index in [4.69, 9.17) is 4.99 Å². The summed E-state index contributed by atoms with van der Waals surface area (Å²) in [5, 5.41) is 0. The summed E-state index contributed by atoms with van der Waals surface area (Å²) in [6, 6.07) is 0. The highest BCUT2D eigenvalue weighted by atomic mass is 14.8. The van der Waals surface area contributed by atoms with Gasteiger partial charge in [0.25, 0.3) is 0 Å². The van der Waals surface area contributed by atoms with Crippen molar-refractivity contribution in [2.45, 2.75) is 71.8 Å². The molecule has 0 fully saturated rings. The molecule has 0 N–H and O–H groups in total. The molecule has 0 aliphatic rings. The van der Waals surface area contributed by atoms with E-state index in [-0.39, 0.29) is 5.54 Å². The Morgan fingerprint density at radius 1 is 0.923 bits per heavy atom. The molecule has 13 heavy (non-hydrogen) atoms. The molecule has 0 amide bonds. The average Bonchev–Trinajstić information content (AvgIpc) is 2.06. The number of nitrogens with zero attached hydrogens (tertiary/aromatic N) is 1. The predicted octanol–water partition coefficient (Wildman–Crippen LogP) is 4.22. The highest BCUT2D eigenvalue weighted by molar-refractivity contribution is 5.54. The first-order valence-corrected chi connectivity index (χ1v) is 5.74. The number of aliphatic imine (C=N–C) groups is 1. The lowest BCUT2D eigenvalue weighted by molar-refractivity contribution is 0.334. The Kier molecular flexibility index (Phi) is 6.93. The van der Waals surface area contributed by atoms with Crippen LogP contribution in [0.1, 0.15) is 66.2 Å². The Bertz CT molecular complexity index is 121. The summed E-state index contributed by atoms with van der Waals surface area (Å²) >= 11 is 0. The maximum absolute atomic E-state index is 4.70. The molecule has 0 heterocycles. The van der Waals surface area contributed by atoms with Gasteiger partial charge in [0.15, 0.2) is 0 Å². The van der Waals surface area contributed by atoms with Crippen molar-refractivity contribution in [1.82, 2.24) is 0 Å². The number of rotatable bonds is 7. The fourth-order valence-electron chi connectivity index (χ4n) is 2.24. The van der Waals surface area contributed by atoms with Gasteiger partial charge in [0.05, 0.1) is 5.54 Å². The summed E-state index contributed by atoms with van der Waals surface area (Å²) in [7, 11) is 0. The Morgan fingerprint density at radius 2 is 1.31 bits per heavy atom. The van der Waals surface area contributed by atoms with E-state index in [0.717, 1.165) is 0 Å². The third-order valence-electron chi connectivity index (χ3n) is 2.55. The smallest absolute Gasteiger partial charge is 0.0603 e. The van der Waals surface area contributed by atoms with Crippen molar-refractivity contribution in [3.05, 3.63) is 0 Å². The minimum absolute atomic E-state index is 0.271. The van der Waals surface area contributed by atoms with Crippen molar-refractivity contribution in [3.63, 3.8) is 0 Å². The van der Waals surface area contributed by atoms with Crippen LogP contribution in [0.3, 0.4) is 0 Å². The number of hydrogen-bond donors (Lipinski definition) is 0. The molecule has 1 nitrogen and oxygen atoms in total. The predicted molar refractivity (Wildman–Crippen MR) is 61.6 cm³/mol. The van der Waals surface area contributed by atoms with E-state index in [1.54, 1.807) is 0 Å². The van der Waals surface area contributed by atoms with Crippen LogP contribution in [-0.4, -0.2) is 11.8 Å². The maximum Gasteiger partial charge on any atom is 0.0603 e. The topological polar surface area (TPSA) is 12.4 Å². The fraction of sp³-hybridized carbons (Fsp3) is 0.917. The highest BCUT2D eigenvalue weighted by Crippen LogP contribution is 2.29. The molecule has 0 aromatic heterocycles. The van der Waals surface area contributed by atoms with E-state index in [2.05, 4.69) is 20.8 Å². The fourth-order valence-corrected chi connectivity index (χ4v) is 2.24. The molecule has 0 bridgehead atoms. The van der Waals surface area contributed by atoms with Crippen LogP contribution in [0, 0.1) is 0 Å². The Hall–Kier alpha value is -0.330. The van der Waals surface area contributed by atoms with E-state index < -0.39 is 0 Å². The summed E-state index contributed by atoms with van der Waals surface area (Å²) in [4.78, 5) is 4.70. The van der Waals surface area contributed by atoms with Gasteiger partial charge in [-0.05, 0) is 32.4 Å². The first kappa shape index (κ1) is 12.7. The average molecular weight is 183 g/mol. The molecule has 0 aromatic carbocycles. The van der Waals surface area contributed by atoms with E-state index >= 15 is 0 Å². The van der Waals surface area contributed by atoms with Crippen LogP contribution in [0.2, 0.25) is 0 Å². The third kappa shape index (κ3) is 4.44. The van der Waals surface area contributed by atoms with Crippen LogP contribution < -0.4 is 0 Å². The SMILES string of the molecule is C/C=N/C(CCC)(CCC)CCC. The lowest BCUT2D eigenvalue weighted by atomic mass is 9.85. The lowest BCUT2D eigenvalue weighted by Gasteiger charge is -2.29. The quantitative estimate of drug-likeness (QED) is 0.524. The van der Waals surface area contributed by atoms with E-state index in [9.17, 15) is 0 Å². The summed E-state index contributed by atoms with van der Waals surface area (Å²) in [5.74, 6) is 0. The molecular formula is C12H25N. The zero-order chi connectivity index (χ0) is 10.2. The van der Waals surface area contributed by atoms with Crippen LogP contribution in [-0.2, 0) is 0 Å². The summed E-state index contributed by atoms with van der Waals surface area (Å²) in [5.41, 5.74) is 0.271. The van der Waals surface area contributed by atoms with Gasteiger partial charge in [0.2, 0.25) is 0 Å². The van der Waals surface area contributed by atoms with Gasteiger partial charge in [-0.15, -0.1) is 0 Å². The van der Waals surface area contributed by atoms with Crippen molar-refractivity contribution in [1.29, 1.82) is 0 Å². The van der Waals surface area contributed by atoms with Gasteiger partial charge in [-0.2, -0.15) is 0 Å². The zero-order valence-corrected chi connectivity index (χ0v) is 9.77. The molecule has 0 aromatic rings. The second kappa shape index (κ2) is 7.11. The van der Waals surface area contributed by atoms with Gasteiger partial charge in [-0.25, -0.2) is 0 Å². The monoisotopic (exact) mass is 183 g/mol. The van der Waals surface area contributed by atoms with Crippen LogP contribution in [0.15, 0.2) is 4.99 Å². The van der Waals surface area contributed by atoms with E-state index in [1.165, 1.54) is 38.5 Å². The minimum atomic E-state index is 0.271. The van der Waals surface area contributed by atoms with E-state index in [0.29, 0.717) is 0 Å². The van der Waals surface area contributed by atoms with Gasteiger partial charge in [-0.3, -0.25) is 4.99 Å². The first-order valence-electron chi connectivity index (χ1n) is 5.74. The largest absolute Gasteiger partial charge is 0.291 e. The number of hydrogen-bond acceptors (Lipinski definition) is 1. The van der Waals surface area contributed by atoms with Crippen molar-refractivity contribution in [2.75, 3.05) is 0 Å². The Labute approximate surface area is 83.6 Å². The second-order valence-corrected chi connectivity index (χ2v) is 3.86. The van der Waals surface area contributed by atoms with Gasteiger partial charge in [0.1, 0.15) is 0 Å². The standard InChI is InChI=1S/C12H25N/c1-5-9-12(10-6-2,11-7-3)13-8-4/h8H,5-7,9-11H2,1-4H3/b13-8+. The Balaban J connectivity index is 4.37. The molecule has 0 aliphatic heterocycles. The first-order chi connectivity index (χ1) is 6.24. The molecule has 0 rings (SSSR count). The van der Waals surface area contributed by atoms with Gasteiger partial charge in [-0.1, -0.05) is 40.0 Å². The van der Waals surface area contributed by atoms with E-state index in [1.807, 2.05) is 13.1 Å². The van der Waals surface area contributed by atoms with Crippen LogP contribution in [0.4, 0.5) is 0 Å². The maximum atomic E-state index is 4.70. The van der Waals surface area contributed by atoms with Crippen LogP contribution in [0.5, 0.6) is 0 Å². The summed E-state index contributed by atoms with van der Waals surface area (Å²) in [6.07, 6.45) is 9.48. The van der Waals surface area contributed by atoms with Crippen LogP contribution >= 0.6 is 0 Å². The van der Waals surface area contributed by atoms with Crippen molar-refractivity contribution >= 4 is 6.21 Å². The zero-order valence-electron chi connectivity index (χ0n) is 9.77. The Morgan fingerprint density at radius 3 is 1.54 bits per heavy atom. The molecule has 0 aliphatic carbocycles. The molecule has 1 heteroatoms. The molecule has 0 unspecified atom stereocenters. The molecule has 0 spiro atoms. The molecular weight excluding hydrogens is 158 g/mol. The molecule has 0 saturated heterocycles. The van der Waals surface area contributed by atoms with Crippen molar-refractivity contribution < 1.29 is 0 Å². The molecule has 0 atom stereocenters. The third-order valence-corrected chi connectivity index (χ3v) is 2.55.